The van der Waals surface area contributed by atoms with Gasteiger partial charge in [-0.25, -0.2) is 0 Å². The fraction of sp³-hybridized carbons (Fsp3) is 0.769. The van der Waals surface area contributed by atoms with Gasteiger partial charge < -0.3 is 0 Å². The van der Waals surface area contributed by atoms with Crippen LogP contribution in [-0.4, -0.2) is 14.6 Å². The molecule has 0 aromatic carbocycles. The first-order chi connectivity index (χ1) is 7.52. The summed E-state index contributed by atoms with van der Waals surface area (Å²) in [5.41, 5.74) is 3.02. The minimum absolute atomic E-state index is 0.466. The molecule has 0 spiro atoms. The molecule has 1 aromatic rings. The van der Waals surface area contributed by atoms with E-state index in [1.54, 1.807) is 0 Å². The Bertz CT molecular complexity index is 372. The summed E-state index contributed by atoms with van der Waals surface area (Å²) < 4.78 is 2.15. The van der Waals surface area contributed by atoms with Gasteiger partial charge in [-0.1, -0.05) is 22.9 Å². The van der Waals surface area contributed by atoms with E-state index in [1.807, 2.05) is 0 Å². The zero-order chi connectivity index (χ0) is 11.8. The van der Waals surface area contributed by atoms with E-state index in [1.165, 1.54) is 31.4 Å². The summed E-state index contributed by atoms with van der Waals surface area (Å²) in [6.45, 7) is 7.65. The molecule has 1 fully saturated rings. The van der Waals surface area contributed by atoms with Crippen molar-refractivity contribution < 1.29 is 0 Å². The molecule has 2 atom stereocenters. The first kappa shape index (κ1) is 12.2. The van der Waals surface area contributed by atoms with E-state index < -0.39 is 0 Å². The first-order valence-electron chi connectivity index (χ1n) is 6.20. The van der Waals surface area contributed by atoms with Gasteiger partial charge in [0, 0.05) is 17.1 Å². The van der Waals surface area contributed by atoms with Gasteiger partial charge in [-0.3, -0.25) is 4.68 Å². The molecule has 0 saturated heterocycles. The second kappa shape index (κ2) is 4.52. The van der Waals surface area contributed by atoms with Gasteiger partial charge >= 0.3 is 0 Å². The highest BCUT2D eigenvalue weighted by molar-refractivity contribution is 9.09. The van der Waals surface area contributed by atoms with E-state index in [2.05, 4.69) is 52.5 Å². The van der Waals surface area contributed by atoms with E-state index in [-0.39, 0.29) is 0 Å². The Hall–Kier alpha value is -0.310. The normalized spacial score (nSPS) is 29.9. The zero-order valence-corrected chi connectivity index (χ0v) is 12.0. The van der Waals surface area contributed by atoms with Crippen LogP contribution in [0.1, 0.15) is 44.5 Å². The van der Waals surface area contributed by atoms with Crippen molar-refractivity contribution in [3.8, 4) is 0 Å². The average molecular weight is 285 g/mol. The van der Waals surface area contributed by atoms with Crippen LogP contribution >= 0.6 is 15.9 Å². The maximum Gasteiger partial charge on any atom is 0.0596 e. The molecule has 2 nitrogen and oxygen atoms in total. The summed E-state index contributed by atoms with van der Waals surface area (Å²) in [5.74, 6) is 0. The molecule has 3 heteroatoms. The second-order valence-electron chi connectivity index (χ2n) is 5.42. The molecule has 0 radical (unpaired) electrons. The minimum atomic E-state index is 0.466. The maximum absolute atomic E-state index is 4.53. The standard InChI is InChI=1S/C13H21BrN2/c1-4-16-12(7-10(2)15-16)9-13(3)6-5-11(14)8-13/h7,11H,4-6,8-9H2,1-3H3. The third-order valence-corrected chi connectivity index (χ3v) is 4.45. The fourth-order valence-corrected chi connectivity index (χ4v) is 3.87. The van der Waals surface area contributed by atoms with Gasteiger partial charge in [0.2, 0.25) is 0 Å². The third-order valence-electron chi connectivity index (χ3n) is 3.67. The van der Waals surface area contributed by atoms with Gasteiger partial charge in [-0.15, -0.1) is 0 Å². The Balaban J connectivity index is 2.14. The molecular formula is C13H21BrN2. The number of rotatable bonds is 3. The van der Waals surface area contributed by atoms with Crippen molar-refractivity contribution in [2.45, 2.75) is 57.8 Å². The summed E-state index contributed by atoms with van der Waals surface area (Å²) in [4.78, 5) is 0.719. The predicted octanol–water partition coefficient (Wildman–Crippen LogP) is 3.71. The van der Waals surface area contributed by atoms with Crippen LogP contribution in [-0.2, 0) is 13.0 Å². The Morgan fingerprint density at radius 2 is 2.38 bits per heavy atom. The molecule has 0 bridgehead atoms. The summed E-state index contributed by atoms with van der Waals surface area (Å²) in [7, 11) is 0. The van der Waals surface area contributed by atoms with Crippen LogP contribution in [0.5, 0.6) is 0 Å². The Morgan fingerprint density at radius 1 is 1.62 bits per heavy atom. The van der Waals surface area contributed by atoms with Crippen molar-refractivity contribution in [1.29, 1.82) is 0 Å². The number of nitrogens with zero attached hydrogens (tertiary/aromatic N) is 2. The molecule has 1 saturated carbocycles. The number of halogens is 1. The molecule has 2 rings (SSSR count). The van der Waals surface area contributed by atoms with Gasteiger partial charge in [0.1, 0.15) is 0 Å². The lowest BCUT2D eigenvalue weighted by atomic mass is 9.84. The number of alkyl halides is 1. The van der Waals surface area contributed by atoms with Crippen LogP contribution < -0.4 is 0 Å². The summed E-state index contributed by atoms with van der Waals surface area (Å²) in [6.07, 6.45) is 5.11. The Labute approximate surface area is 107 Å². The van der Waals surface area contributed by atoms with Gasteiger partial charge in [-0.2, -0.15) is 5.10 Å². The topological polar surface area (TPSA) is 17.8 Å². The van der Waals surface area contributed by atoms with Gasteiger partial charge in [0.15, 0.2) is 0 Å². The largest absolute Gasteiger partial charge is 0.270 e. The molecule has 1 aromatic heterocycles. The molecule has 0 aliphatic heterocycles. The highest BCUT2D eigenvalue weighted by Crippen LogP contribution is 2.43. The fourth-order valence-electron chi connectivity index (χ4n) is 2.86. The molecule has 90 valence electrons. The molecule has 2 unspecified atom stereocenters. The van der Waals surface area contributed by atoms with Crippen LogP contribution in [0, 0.1) is 12.3 Å². The van der Waals surface area contributed by atoms with E-state index in [0.717, 1.165) is 17.1 Å². The van der Waals surface area contributed by atoms with Crippen molar-refractivity contribution >= 4 is 15.9 Å². The van der Waals surface area contributed by atoms with E-state index in [4.69, 9.17) is 0 Å². The van der Waals surface area contributed by atoms with Crippen LogP contribution in [0.2, 0.25) is 0 Å². The molecule has 1 aliphatic rings. The van der Waals surface area contributed by atoms with Crippen LogP contribution in [0.4, 0.5) is 0 Å². The lowest BCUT2D eigenvalue weighted by molar-refractivity contribution is 0.325. The molecule has 1 aliphatic carbocycles. The van der Waals surface area contributed by atoms with Crippen LogP contribution in [0.3, 0.4) is 0 Å². The SMILES string of the molecule is CCn1nc(C)cc1CC1(C)CCC(Br)C1. The van der Waals surface area contributed by atoms with Crippen molar-refractivity contribution in [2.75, 3.05) is 0 Å². The number of hydrogen-bond donors (Lipinski definition) is 0. The van der Waals surface area contributed by atoms with Gasteiger partial charge in [0.25, 0.3) is 0 Å². The Morgan fingerprint density at radius 3 is 2.94 bits per heavy atom. The lowest BCUT2D eigenvalue weighted by Gasteiger charge is -2.23. The summed E-state index contributed by atoms with van der Waals surface area (Å²) in [6, 6.07) is 2.25. The summed E-state index contributed by atoms with van der Waals surface area (Å²) >= 11 is 3.75. The monoisotopic (exact) mass is 284 g/mol. The summed E-state index contributed by atoms with van der Waals surface area (Å²) in [5, 5.41) is 4.53. The number of hydrogen-bond acceptors (Lipinski definition) is 1. The quantitative estimate of drug-likeness (QED) is 0.774. The highest BCUT2D eigenvalue weighted by Gasteiger charge is 2.34. The number of aryl methyl sites for hydroxylation is 2. The van der Waals surface area contributed by atoms with Crippen molar-refractivity contribution in [1.82, 2.24) is 9.78 Å². The average Bonchev–Trinajstić information content (AvgIpc) is 2.70. The second-order valence-corrected chi connectivity index (χ2v) is 6.72. The molecule has 1 heterocycles. The minimum Gasteiger partial charge on any atom is -0.270 e. The van der Waals surface area contributed by atoms with Gasteiger partial charge in [0.05, 0.1) is 5.69 Å². The molecular weight excluding hydrogens is 264 g/mol. The van der Waals surface area contributed by atoms with Gasteiger partial charge in [-0.05, 0) is 51.0 Å². The third kappa shape index (κ3) is 2.50. The van der Waals surface area contributed by atoms with E-state index in [9.17, 15) is 0 Å². The lowest BCUT2D eigenvalue weighted by Crippen LogP contribution is -2.18. The molecule has 0 N–H and O–H groups in total. The van der Waals surface area contributed by atoms with Crippen molar-refractivity contribution in [3.63, 3.8) is 0 Å². The van der Waals surface area contributed by atoms with E-state index in [0.29, 0.717) is 5.41 Å². The predicted molar refractivity (Wildman–Crippen MR) is 71.0 cm³/mol. The smallest absolute Gasteiger partial charge is 0.0596 e. The van der Waals surface area contributed by atoms with Crippen molar-refractivity contribution in [2.24, 2.45) is 5.41 Å². The number of aromatic nitrogens is 2. The first-order valence-corrected chi connectivity index (χ1v) is 7.11. The van der Waals surface area contributed by atoms with Crippen molar-refractivity contribution in [3.05, 3.63) is 17.5 Å². The molecule has 0 amide bonds. The van der Waals surface area contributed by atoms with E-state index >= 15 is 0 Å². The Kier molecular flexibility index (Phi) is 3.43. The zero-order valence-electron chi connectivity index (χ0n) is 10.5. The van der Waals surface area contributed by atoms with Crippen LogP contribution in [0.25, 0.3) is 0 Å². The maximum atomic E-state index is 4.53. The molecule has 16 heavy (non-hydrogen) atoms. The van der Waals surface area contributed by atoms with Crippen LogP contribution in [0.15, 0.2) is 6.07 Å². The highest BCUT2D eigenvalue weighted by atomic mass is 79.9.